The Morgan fingerprint density at radius 3 is 2.88 bits per heavy atom. The SMILES string of the molecule is Cc1cc(Nc2nc(C(=O)O)cs2)n(C)n1. The summed E-state index contributed by atoms with van der Waals surface area (Å²) in [5.41, 5.74) is 0.936. The molecule has 0 aliphatic heterocycles. The zero-order valence-corrected chi connectivity index (χ0v) is 9.58. The van der Waals surface area contributed by atoms with Crippen molar-refractivity contribution in [1.29, 1.82) is 0 Å². The summed E-state index contributed by atoms with van der Waals surface area (Å²) in [6, 6.07) is 1.86. The largest absolute Gasteiger partial charge is 0.476 e. The topological polar surface area (TPSA) is 80.0 Å². The molecule has 2 aromatic heterocycles. The van der Waals surface area contributed by atoms with Crippen LogP contribution in [-0.2, 0) is 7.05 Å². The molecule has 0 fully saturated rings. The average Bonchev–Trinajstić information content (AvgIpc) is 2.75. The quantitative estimate of drug-likeness (QED) is 0.849. The molecule has 2 heterocycles. The molecule has 2 aromatic rings. The predicted octanol–water partition coefficient (Wildman–Crippen LogP) is 1.63. The predicted molar refractivity (Wildman–Crippen MR) is 60.3 cm³/mol. The van der Waals surface area contributed by atoms with Crippen LogP contribution in [0.5, 0.6) is 0 Å². The van der Waals surface area contributed by atoms with Crippen molar-refractivity contribution in [2.24, 2.45) is 7.05 Å². The Balaban J connectivity index is 2.20. The van der Waals surface area contributed by atoms with Gasteiger partial charge in [0.05, 0.1) is 5.69 Å². The van der Waals surface area contributed by atoms with Crippen molar-refractivity contribution in [1.82, 2.24) is 14.8 Å². The van der Waals surface area contributed by atoms with Gasteiger partial charge in [0.2, 0.25) is 0 Å². The minimum Gasteiger partial charge on any atom is -0.476 e. The second kappa shape index (κ2) is 3.93. The normalized spacial score (nSPS) is 10.4. The van der Waals surface area contributed by atoms with E-state index in [1.165, 1.54) is 16.7 Å². The zero-order valence-electron chi connectivity index (χ0n) is 8.76. The Hall–Kier alpha value is -1.89. The van der Waals surface area contributed by atoms with Gasteiger partial charge in [-0.05, 0) is 6.92 Å². The van der Waals surface area contributed by atoms with E-state index in [1.807, 2.05) is 13.0 Å². The van der Waals surface area contributed by atoms with Crippen LogP contribution in [0.15, 0.2) is 11.4 Å². The third kappa shape index (κ3) is 2.03. The first-order valence-corrected chi connectivity index (χ1v) is 5.40. The van der Waals surface area contributed by atoms with Gasteiger partial charge in [-0.2, -0.15) is 5.10 Å². The minimum absolute atomic E-state index is 0.0476. The average molecular weight is 238 g/mol. The molecule has 0 radical (unpaired) electrons. The number of hydrogen-bond acceptors (Lipinski definition) is 5. The monoisotopic (exact) mass is 238 g/mol. The van der Waals surface area contributed by atoms with Crippen LogP contribution in [0, 0.1) is 6.92 Å². The molecule has 16 heavy (non-hydrogen) atoms. The maximum atomic E-state index is 10.6. The number of aromatic nitrogens is 3. The zero-order chi connectivity index (χ0) is 11.7. The van der Waals surface area contributed by atoms with Crippen molar-refractivity contribution in [2.75, 3.05) is 5.32 Å². The molecule has 0 aliphatic rings. The van der Waals surface area contributed by atoms with Crippen LogP contribution in [0.25, 0.3) is 0 Å². The molecule has 0 saturated carbocycles. The fraction of sp³-hybridized carbons (Fsp3) is 0.222. The first kappa shape index (κ1) is 10.6. The number of aryl methyl sites for hydroxylation is 2. The number of thiazole rings is 1. The van der Waals surface area contributed by atoms with Gasteiger partial charge < -0.3 is 10.4 Å². The van der Waals surface area contributed by atoms with Crippen LogP contribution in [0.1, 0.15) is 16.2 Å². The highest BCUT2D eigenvalue weighted by molar-refractivity contribution is 7.14. The van der Waals surface area contributed by atoms with Crippen molar-refractivity contribution < 1.29 is 9.90 Å². The van der Waals surface area contributed by atoms with Gasteiger partial charge in [0.1, 0.15) is 5.82 Å². The van der Waals surface area contributed by atoms with Gasteiger partial charge in [0.25, 0.3) is 0 Å². The number of carboxylic acid groups (broad SMARTS) is 1. The van der Waals surface area contributed by atoms with E-state index in [0.29, 0.717) is 5.13 Å². The van der Waals surface area contributed by atoms with Crippen LogP contribution < -0.4 is 5.32 Å². The number of nitrogens with zero attached hydrogens (tertiary/aromatic N) is 3. The van der Waals surface area contributed by atoms with Gasteiger partial charge in [0, 0.05) is 18.5 Å². The molecule has 84 valence electrons. The lowest BCUT2D eigenvalue weighted by Gasteiger charge is -2.00. The van der Waals surface area contributed by atoms with E-state index in [-0.39, 0.29) is 5.69 Å². The van der Waals surface area contributed by atoms with Crippen molar-refractivity contribution in [3.8, 4) is 0 Å². The second-order valence-corrected chi connectivity index (χ2v) is 4.12. The van der Waals surface area contributed by atoms with Crippen molar-refractivity contribution in [2.45, 2.75) is 6.92 Å². The summed E-state index contributed by atoms with van der Waals surface area (Å²) in [5, 5.41) is 17.9. The van der Waals surface area contributed by atoms with Gasteiger partial charge in [0.15, 0.2) is 10.8 Å². The number of aromatic carboxylic acids is 1. The van der Waals surface area contributed by atoms with Gasteiger partial charge in [-0.15, -0.1) is 11.3 Å². The first-order chi connectivity index (χ1) is 7.56. The third-order valence-corrected chi connectivity index (χ3v) is 2.72. The Bertz CT molecular complexity index is 531. The van der Waals surface area contributed by atoms with Crippen LogP contribution in [-0.4, -0.2) is 25.8 Å². The highest BCUT2D eigenvalue weighted by Crippen LogP contribution is 2.20. The lowest BCUT2D eigenvalue weighted by Crippen LogP contribution is -2.00. The van der Waals surface area contributed by atoms with E-state index in [9.17, 15) is 4.79 Å². The van der Waals surface area contributed by atoms with E-state index in [4.69, 9.17) is 5.11 Å². The van der Waals surface area contributed by atoms with Crippen LogP contribution in [0.3, 0.4) is 0 Å². The number of carboxylic acids is 1. The lowest BCUT2D eigenvalue weighted by molar-refractivity contribution is 0.0691. The molecular weight excluding hydrogens is 228 g/mol. The van der Waals surface area contributed by atoms with Crippen molar-refractivity contribution in [3.05, 3.63) is 22.8 Å². The molecule has 0 aromatic carbocycles. The Morgan fingerprint density at radius 2 is 2.38 bits per heavy atom. The van der Waals surface area contributed by atoms with E-state index < -0.39 is 5.97 Å². The smallest absolute Gasteiger partial charge is 0.355 e. The molecule has 0 saturated heterocycles. The summed E-state index contributed by atoms with van der Waals surface area (Å²) < 4.78 is 1.68. The van der Waals surface area contributed by atoms with Gasteiger partial charge >= 0.3 is 5.97 Å². The van der Waals surface area contributed by atoms with Crippen LogP contribution in [0.2, 0.25) is 0 Å². The fourth-order valence-electron chi connectivity index (χ4n) is 1.27. The van der Waals surface area contributed by atoms with Crippen LogP contribution >= 0.6 is 11.3 Å². The molecule has 2 rings (SSSR count). The van der Waals surface area contributed by atoms with Gasteiger partial charge in [-0.1, -0.05) is 0 Å². The summed E-state index contributed by atoms with van der Waals surface area (Å²) in [4.78, 5) is 14.6. The lowest BCUT2D eigenvalue weighted by atomic mass is 10.5. The molecule has 0 spiro atoms. The summed E-state index contributed by atoms with van der Waals surface area (Å²) in [7, 11) is 1.81. The Morgan fingerprint density at radius 1 is 1.62 bits per heavy atom. The number of anilines is 2. The maximum Gasteiger partial charge on any atom is 0.355 e. The summed E-state index contributed by atoms with van der Waals surface area (Å²) >= 11 is 1.25. The molecule has 0 unspecified atom stereocenters. The Kier molecular flexibility index (Phi) is 2.61. The second-order valence-electron chi connectivity index (χ2n) is 3.26. The molecule has 0 amide bonds. The van der Waals surface area contributed by atoms with Crippen molar-refractivity contribution in [3.63, 3.8) is 0 Å². The van der Waals surface area contributed by atoms with Gasteiger partial charge in [-0.3, -0.25) is 4.68 Å². The van der Waals surface area contributed by atoms with E-state index in [2.05, 4.69) is 15.4 Å². The standard InChI is InChI=1S/C9H10N4O2S/c1-5-3-7(13(2)12-5)11-9-10-6(4-16-9)8(14)15/h3-4H,1-2H3,(H,10,11)(H,14,15). The van der Waals surface area contributed by atoms with Gasteiger partial charge in [-0.25, -0.2) is 9.78 Å². The van der Waals surface area contributed by atoms with E-state index in [0.717, 1.165) is 11.5 Å². The highest BCUT2D eigenvalue weighted by atomic mass is 32.1. The molecule has 7 heteroatoms. The molecule has 0 bridgehead atoms. The molecule has 0 atom stereocenters. The molecular formula is C9H10N4O2S. The van der Waals surface area contributed by atoms with Crippen molar-refractivity contribution >= 4 is 28.3 Å². The first-order valence-electron chi connectivity index (χ1n) is 4.53. The summed E-state index contributed by atoms with van der Waals surface area (Å²) in [6.45, 7) is 1.88. The maximum absolute atomic E-state index is 10.6. The van der Waals surface area contributed by atoms with E-state index >= 15 is 0 Å². The Labute approximate surface area is 95.6 Å². The van der Waals surface area contributed by atoms with E-state index in [1.54, 1.807) is 11.7 Å². The molecule has 0 aliphatic carbocycles. The molecule has 2 N–H and O–H groups in total. The minimum atomic E-state index is -1.02. The van der Waals surface area contributed by atoms with Crippen LogP contribution in [0.4, 0.5) is 10.9 Å². The highest BCUT2D eigenvalue weighted by Gasteiger charge is 2.10. The number of rotatable bonds is 3. The fourth-order valence-corrected chi connectivity index (χ4v) is 1.96. The number of nitrogens with one attached hydrogen (secondary N) is 1. The summed E-state index contributed by atoms with van der Waals surface area (Å²) in [6.07, 6.45) is 0. The number of hydrogen-bond donors (Lipinski definition) is 2. The summed E-state index contributed by atoms with van der Waals surface area (Å²) in [5.74, 6) is -0.241. The number of carbonyl (C=O) groups is 1. The molecule has 6 nitrogen and oxygen atoms in total. The third-order valence-electron chi connectivity index (χ3n) is 1.96.